The average Bonchev–Trinajstić information content (AvgIpc) is 3.01. The van der Waals surface area contributed by atoms with Gasteiger partial charge in [0.1, 0.15) is 13.2 Å². The van der Waals surface area contributed by atoms with Crippen LogP contribution in [0.4, 0.5) is 11.4 Å². The van der Waals surface area contributed by atoms with Crippen molar-refractivity contribution in [2.75, 3.05) is 13.2 Å². The van der Waals surface area contributed by atoms with Crippen LogP contribution in [-0.2, 0) is 0 Å². The molecule has 4 rings (SSSR count). The van der Waals surface area contributed by atoms with E-state index >= 15 is 0 Å². The number of rotatable bonds is 3. The number of hydrogen-bond donors (Lipinski definition) is 2. The third kappa shape index (κ3) is 2.91. The highest BCUT2D eigenvalue weighted by Gasteiger charge is 2.16. The van der Waals surface area contributed by atoms with Crippen molar-refractivity contribution in [3.05, 3.63) is 58.4 Å². The van der Waals surface area contributed by atoms with E-state index in [0.29, 0.717) is 30.4 Å². The molecule has 2 N–H and O–H groups in total. The van der Waals surface area contributed by atoms with Gasteiger partial charge in [0, 0.05) is 5.56 Å². The van der Waals surface area contributed by atoms with E-state index in [4.69, 9.17) is 9.47 Å². The smallest absolute Gasteiger partial charge is 0.292 e. The number of nitrogens with one attached hydrogen (secondary N) is 2. The molecule has 0 bridgehead atoms. The lowest BCUT2D eigenvalue weighted by Crippen LogP contribution is -2.15. The summed E-state index contributed by atoms with van der Waals surface area (Å²) in [6.07, 6.45) is 0. The predicted molar refractivity (Wildman–Crippen MR) is 93.2 cm³/mol. The molecule has 1 aliphatic rings. The first-order chi connectivity index (χ1) is 12.2. The molecule has 0 spiro atoms. The van der Waals surface area contributed by atoms with Crippen LogP contribution in [0.15, 0.2) is 57.5 Å². The predicted octanol–water partition coefficient (Wildman–Crippen LogP) is 3.87. The molecule has 7 nitrogen and oxygen atoms in total. The fourth-order valence-electron chi connectivity index (χ4n) is 2.63. The van der Waals surface area contributed by atoms with E-state index in [2.05, 4.69) is 20.4 Å². The Bertz CT molecular complexity index is 1000. The summed E-state index contributed by atoms with van der Waals surface area (Å²) in [5, 5.41) is 13.8. The molecule has 25 heavy (non-hydrogen) atoms. The normalized spacial score (nSPS) is 13.3. The van der Waals surface area contributed by atoms with Crippen LogP contribution in [0.25, 0.3) is 11.3 Å². The topological polar surface area (TPSA) is 91.8 Å². The number of aromatic amines is 2. The van der Waals surface area contributed by atoms with E-state index in [1.807, 2.05) is 49.4 Å². The number of H-pyrrole nitrogens is 2. The zero-order chi connectivity index (χ0) is 17.2. The molecule has 0 radical (unpaired) electrons. The number of benzene rings is 2. The van der Waals surface area contributed by atoms with Crippen LogP contribution in [0.5, 0.6) is 11.5 Å². The number of fused-ring (bicyclic) bond motifs is 1. The molecule has 7 heteroatoms. The molecule has 0 saturated heterocycles. The summed E-state index contributed by atoms with van der Waals surface area (Å²) < 4.78 is 11.1. The van der Waals surface area contributed by atoms with Gasteiger partial charge in [0.25, 0.3) is 5.56 Å². The average molecular weight is 336 g/mol. The van der Waals surface area contributed by atoms with Gasteiger partial charge in [-0.25, -0.2) is 0 Å². The highest BCUT2D eigenvalue weighted by Crippen LogP contribution is 2.36. The second kappa shape index (κ2) is 6.27. The molecule has 0 saturated carbocycles. The van der Waals surface area contributed by atoms with Crippen molar-refractivity contribution in [2.45, 2.75) is 6.92 Å². The summed E-state index contributed by atoms with van der Waals surface area (Å²) in [4.78, 5) is 12.1. The molecular formula is C18H16N4O3. The van der Waals surface area contributed by atoms with Gasteiger partial charge in [-0.15, -0.1) is 5.11 Å². The molecule has 0 unspecified atom stereocenters. The highest BCUT2D eigenvalue weighted by molar-refractivity contribution is 5.73. The molecule has 0 aliphatic carbocycles. The van der Waals surface area contributed by atoms with E-state index in [9.17, 15) is 4.79 Å². The summed E-state index contributed by atoms with van der Waals surface area (Å²) in [7, 11) is 0. The summed E-state index contributed by atoms with van der Waals surface area (Å²) in [5.41, 5.74) is 2.91. The first kappa shape index (κ1) is 15.2. The van der Waals surface area contributed by atoms with E-state index < -0.39 is 0 Å². The van der Waals surface area contributed by atoms with Crippen molar-refractivity contribution in [3.8, 4) is 22.8 Å². The second-order valence-corrected chi connectivity index (χ2v) is 5.65. The number of hydrogen-bond acceptors (Lipinski definition) is 5. The number of ether oxygens (including phenoxy) is 2. The molecule has 0 fully saturated rings. The van der Waals surface area contributed by atoms with Crippen LogP contribution < -0.4 is 15.0 Å². The lowest BCUT2D eigenvalue weighted by molar-refractivity contribution is 0.171. The van der Waals surface area contributed by atoms with E-state index in [1.165, 1.54) is 0 Å². The monoisotopic (exact) mass is 336 g/mol. The lowest BCUT2D eigenvalue weighted by atomic mass is 10.1. The SMILES string of the molecule is Cc1ccccc1N=Nc1c(-c2ccc3c(c2)OCCO3)[nH][nH]c1=O. The number of azo groups is 1. The fraction of sp³-hybridized carbons (Fsp3) is 0.167. The Morgan fingerprint density at radius 1 is 0.960 bits per heavy atom. The lowest BCUT2D eigenvalue weighted by Gasteiger charge is -2.18. The van der Waals surface area contributed by atoms with Gasteiger partial charge in [-0.1, -0.05) is 18.2 Å². The minimum atomic E-state index is -0.331. The number of aryl methyl sites for hydroxylation is 1. The molecule has 0 amide bonds. The first-order valence-electron chi connectivity index (χ1n) is 7.90. The van der Waals surface area contributed by atoms with Crippen LogP contribution in [0, 0.1) is 6.92 Å². The Kier molecular flexibility index (Phi) is 3.81. The zero-order valence-electron chi connectivity index (χ0n) is 13.6. The van der Waals surface area contributed by atoms with Gasteiger partial charge in [0.15, 0.2) is 17.2 Å². The molecule has 3 aromatic rings. The standard InChI is InChI=1S/C18H16N4O3/c1-11-4-2-3-5-13(11)19-21-17-16(20-22-18(17)23)12-6-7-14-15(10-12)25-9-8-24-14/h2-7,10H,8-9H2,1H3,(H2,20,22,23). The van der Waals surface area contributed by atoms with Crippen molar-refractivity contribution in [1.82, 2.24) is 10.2 Å². The molecule has 1 aromatic heterocycles. The van der Waals surface area contributed by atoms with E-state index in [-0.39, 0.29) is 11.2 Å². The fourth-order valence-corrected chi connectivity index (χ4v) is 2.63. The van der Waals surface area contributed by atoms with Gasteiger partial charge in [-0.05, 0) is 36.8 Å². The van der Waals surface area contributed by atoms with Gasteiger partial charge >= 0.3 is 0 Å². The Hall–Kier alpha value is -3.35. The second-order valence-electron chi connectivity index (χ2n) is 5.65. The minimum Gasteiger partial charge on any atom is -0.486 e. The Balaban J connectivity index is 1.73. The molecule has 0 atom stereocenters. The van der Waals surface area contributed by atoms with E-state index in [0.717, 1.165) is 16.8 Å². The summed E-state index contributed by atoms with van der Waals surface area (Å²) in [6, 6.07) is 13.1. The van der Waals surface area contributed by atoms with Crippen molar-refractivity contribution in [1.29, 1.82) is 0 Å². The number of nitrogens with zero attached hydrogens (tertiary/aromatic N) is 2. The van der Waals surface area contributed by atoms with Gasteiger partial charge in [-0.3, -0.25) is 15.0 Å². The molecular weight excluding hydrogens is 320 g/mol. The van der Waals surface area contributed by atoms with Crippen LogP contribution in [0.1, 0.15) is 5.56 Å². The van der Waals surface area contributed by atoms with Crippen LogP contribution >= 0.6 is 0 Å². The Morgan fingerprint density at radius 3 is 2.60 bits per heavy atom. The summed E-state index contributed by atoms with van der Waals surface area (Å²) >= 11 is 0. The maximum atomic E-state index is 12.1. The molecule has 2 heterocycles. The van der Waals surface area contributed by atoms with Crippen molar-refractivity contribution < 1.29 is 9.47 Å². The van der Waals surface area contributed by atoms with Crippen LogP contribution in [0.3, 0.4) is 0 Å². The Labute approximate surface area is 143 Å². The third-order valence-electron chi connectivity index (χ3n) is 3.96. The van der Waals surface area contributed by atoms with Gasteiger partial charge in [0.05, 0.1) is 11.4 Å². The zero-order valence-corrected chi connectivity index (χ0v) is 13.6. The first-order valence-corrected chi connectivity index (χ1v) is 7.90. The minimum absolute atomic E-state index is 0.222. The molecule has 2 aromatic carbocycles. The molecule has 126 valence electrons. The molecule has 1 aliphatic heterocycles. The van der Waals surface area contributed by atoms with Gasteiger partial charge < -0.3 is 9.47 Å². The number of aromatic nitrogens is 2. The largest absolute Gasteiger partial charge is 0.486 e. The maximum absolute atomic E-state index is 12.1. The highest BCUT2D eigenvalue weighted by atomic mass is 16.6. The van der Waals surface area contributed by atoms with Crippen LogP contribution in [-0.4, -0.2) is 23.4 Å². The van der Waals surface area contributed by atoms with Crippen molar-refractivity contribution in [3.63, 3.8) is 0 Å². The summed E-state index contributed by atoms with van der Waals surface area (Å²) in [6.45, 7) is 2.97. The van der Waals surface area contributed by atoms with Gasteiger partial charge in [-0.2, -0.15) is 5.11 Å². The maximum Gasteiger partial charge on any atom is 0.292 e. The van der Waals surface area contributed by atoms with Crippen LogP contribution in [0.2, 0.25) is 0 Å². The third-order valence-corrected chi connectivity index (χ3v) is 3.96. The quantitative estimate of drug-likeness (QED) is 0.711. The van der Waals surface area contributed by atoms with Crippen molar-refractivity contribution >= 4 is 11.4 Å². The summed E-state index contributed by atoms with van der Waals surface area (Å²) in [5.74, 6) is 1.34. The Morgan fingerprint density at radius 2 is 1.76 bits per heavy atom. The van der Waals surface area contributed by atoms with E-state index in [1.54, 1.807) is 0 Å². The van der Waals surface area contributed by atoms with Gasteiger partial charge in [0.2, 0.25) is 0 Å². The van der Waals surface area contributed by atoms with Crippen molar-refractivity contribution in [2.24, 2.45) is 10.2 Å².